The number of ketones is 1. The van der Waals surface area contributed by atoms with E-state index in [2.05, 4.69) is 17.1 Å². The molecule has 0 bridgehead atoms. The van der Waals surface area contributed by atoms with Crippen molar-refractivity contribution in [1.82, 2.24) is 9.80 Å². The lowest BCUT2D eigenvalue weighted by Gasteiger charge is -2.20. The van der Waals surface area contributed by atoms with Crippen molar-refractivity contribution in [1.29, 1.82) is 0 Å². The number of amidine groups is 1. The first-order chi connectivity index (χ1) is 19.8. The van der Waals surface area contributed by atoms with E-state index in [9.17, 15) is 9.59 Å². The van der Waals surface area contributed by atoms with Gasteiger partial charge in [-0.3, -0.25) is 14.5 Å². The van der Waals surface area contributed by atoms with Crippen molar-refractivity contribution in [3.05, 3.63) is 104 Å². The zero-order valence-electron chi connectivity index (χ0n) is 23.7. The molecule has 0 spiro atoms. The number of ether oxygens (including phenoxy) is 1. The highest BCUT2D eigenvalue weighted by Gasteiger charge is 2.40. The smallest absolute Gasteiger partial charge is 0.269 e. The van der Waals surface area contributed by atoms with Crippen LogP contribution in [0.15, 0.2) is 92.6 Å². The van der Waals surface area contributed by atoms with Gasteiger partial charge in [-0.25, -0.2) is 4.99 Å². The number of carbonyl (C=O) groups excluding carboxylic acids is 2. The summed E-state index contributed by atoms with van der Waals surface area (Å²) in [4.78, 5) is 36.8. The van der Waals surface area contributed by atoms with Crippen LogP contribution in [0.5, 0.6) is 5.75 Å². The summed E-state index contributed by atoms with van der Waals surface area (Å²) in [6, 6.07) is 23.3. The number of hydrogen-bond acceptors (Lipinski definition) is 8. The van der Waals surface area contributed by atoms with E-state index in [4.69, 9.17) is 9.73 Å². The van der Waals surface area contributed by atoms with Gasteiger partial charge in [-0.05, 0) is 68.4 Å². The zero-order valence-corrected chi connectivity index (χ0v) is 25.4. The van der Waals surface area contributed by atoms with Gasteiger partial charge in [0.15, 0.2) is 11.0 Å². The topological polar surface area (TPSA) is 74.2 Å². The maximum Gasteiger partial charge on any atom is 0.269 e. The minimum Gasteiger partial charge on any atom is -0.496 e. The summed E-state index contributed by atoms with van der Waals surface area (Å²) >= 11 is 2.95. The molecule has 2 heterocycles. The minimum atomic E-state index is -0.103. The van der Waals surface area contributed by atoms with Gasteiger partial charge >= 0.3 is 0 Å². The number of amides is 1. The monoisotopic (exact) mass is 584 g/mol. The van der Waals surface area contributed by atoms with Crippen LogP contribution in [0.25, 0.3) is 5.70 Å². The number of benzene rings is 3. The Bertz CT molecular complexity index is 1600. The molecule has 1 fully saturated rings. The van der Waals surface area contributed by atoms with E-state index in [1.165, 1.54) is 11.8 Å². The molecule has 1 amide bonds. The van der Waals surface area contributed by atoms with E-state index in [0.29, 0.717) is 34.4 Å². The lowest BCUT2D eigenvalue weighted by molar-refractivity contribution is -0.122. The van der Waals surface area contributed by atoms with Gasteiger partial charge in [0.05, 0.1) is 35.8 Å². The number of aliphatic imine (C=N–C) groups is 1. The van der Waals surface area contributed by atoms with Crippen molar-refractivity contribution in [2.75, 3.05) is 26.0 Å². The summed E-state index contributed by atoms with van der Waals surface area (Å²) in [6.45, 7) is 6.69. The third-order valence-corrected chi connectivity index (χ3v) is 9.18. The number of nitrogens with zero attached hydrogens (tertiary/aromatic N) is 3. The first kappa shape index (κ1) is 28.6. The molecule has 3 aromatic rings. The Morgan fingerprint density at radius 3 is 2.46 bits per heavy atom. The van der Waals surface area contributed by atoms with Crippen LogP contribution >= 0.6 is 23.5 Å². The van der Waals surface area contributed by atoms with E-state index in [1.807, 2.05) is 74.6 Å². The predicted octanol–water partition coefficient (Wildman–Crippen LogP) is 7.33. The quantitative estimate of drug-likeness (QED) is 0.220. The number of hydrogen-bond donors (Lipinski definition) is 1. The molecule has 2 aliphatic heterocycles. The van der Waals surface area contributed by atoms with Crippen LogP contribution in [0.2, 0.25) is 0 Å². The second kappa shape index (κ2) is 12.3. The fourth-order valence-electron chi connectivity index (χ4n) is 4.82. The molecule has 5 rings (SSSR count). The van der Waals surface area contributed by atoms with Gasteiger partial charge in [0.25, 0.3) is 5.91 Å². The van der Waals surface area contributed by atoms with Gasteiger partial charge in [0, 0.05) is 29.6 Å². The third kappa shape index (κ3) is 5.78. The fourth-order valence-corrected chi connectivity index (χ4v) is 7.12. The molecule has 0 aromatic heterocycles. The molecule has 0 saturated carbocycles. The van der Waals surface area contributed by atoms with Crippen molar-refractivity contribution in [3.8, 4) is 5.75 Å². The molecule has 1 N–H and O–H groups in total. The molecule has 7 nitrogen and oxygen atoms in total. The number of methoxy groups -OCH3 is 1. The van der Waals surface area contributed by atoms with Gasteiger partial charge in [-0.2, -0.15) is 0 Å². The SMILES string of the molecule is CCNc1ccc(C(C)=O)cc1N=C1SC(=C2SC(C)=C(c3ccccc3OC)N2C)C(=O)N1Cc1ccccc1. The van der Waals surface area contributed by atoms with Crippen molar-refractivity contribution in [2.45, 2.75) is 27.3 Å². The van der Waals surface area contributed by atoms with Crippen LogP contribution in [0.1, 0.15) is 42.3 Å². The maximum absolute atomic E-state index is 14.1. The molecule has 0 aliphatic carbocycles. The highest BCUT2D eigenvalue weighted by Crippen LogP contribution is 2.51. The van der Waals surface area contributed by atoms with Crippen LogP contribution < -0.4 is 10.1 Å². The summed E-state index contributed by atoms with van der Waals surface area (Å²) in [5.41, 5.74) is 4.98. The van der Waals surface area contributed by atoms with Crippen LogP contribution in [0.4, 0.5) is 11.4 Å². The Labute approximate surface area is 249 Å². The number of carbonyl (C=O) groups is 2. The zero-order chi connectivity index (χ0) is 29.1. The van der Waals surface area contributed by atoms with Crippen molar-refractivity contribution < 1.29 is 14.3 Å². The van der Waals surface area contributed by atoms with E-state index < -0.39 is 0 Å². The lowest BCUT2D eigenvalue weighted by Crippen LogP contribution is -2.29. The van der Waals surface area contributed by atoms with E-state index in [1.54, 1.807) is 42.8 Å². The summed E-state index contributed by atoms with van der Waals surface area (Å²) < 4.78 is 5.65. The Morgan fingerprint density at radius 2 is 1.76 bits per heavy atom. The normalized spacial score (nSPS) is 18.1. The average molecular weight is 585 g/mol. The van der Waals surface area contributed by atoms with Crippen LogP contribution in [0, 0.1) is 0 Å². The van der Waals surface area contributed by atoms with Crippen LogP contribution in [-0.2, 0) is 11.3 Å². The number of Topliss-reactive ketones (excluding diaryl/α,β-unsaturated/α-hetero) is 1. The Hall–Kier alpha value is -3.95. The minimum absolute atomic E-state index is 0.0389. The van der Waals surface area contributed by atoms with E-state index >= 15 is 0 Å². The largest absolute Gasteiger partial charge is 0.496 e. The number of nitrogens with one attached hydrogen (secondary N) is 1. The molecule has 0 atom stereocenters. The highest BCUT2D eigenvalue weighted by molar-refractivity contribution is 8.19. The number of rotatable bonds is 8. The molecule has 0 radical (unpaired) electrons. The third-order valence-electron chi connectivity index (χ3n) is 6.81. The number of thioether (sulfide) groups is 2. The first-order valence-corrected chi connectivity index (χ1v) is 15.0. The van der Waals surface area contributed by atoms with Gasteiger partial charge in [0.1, 0.15) is 10.7 Å². The Morgan fingerprint density at radius 1 is 1.02 bits per heavy atom. The van der Waals surface area contributed by atoms with Crippen molar-refractivity contribution in [2.24, 2.45) is 4.99 Å². The summed E-state index contributed by atoms with van der Waals surface area (Å²) in [7, 11) is 3.65. The molecule has 1 saturated heterocycles. The summed E-state index contributed by atoms with van der Waals surface area (Å²) in [6.07, 6.45) is 0. The molecule has 210 valence electrons. The number of allylic oxidation sites excluding steroid dienone is 1. The number of para-hydroxylation sites is 1. The second-order valence-electron chi connectivity index (χ2n) is 9.59. The average Bonchev–Trinajstić information content (AvgIpc) is 3.43. The van der Waals surface area contributed by atoms with Crippen molar-refractivity contribution >= 4 is 57.5 Å². The van der Waals surface area contributed by atoms with Gasteiger partial charge in [0.2, 0.25) is 0 Å². The molecule has 0 unspecified atom stereocenters. The standard InChI is InChI=1S/C32H32N4O3S2/c1-6-33-25-17-16-23(20(2)37)18-26(25)34-32-36(19-22-12-8-7-9-13-22)30(38)29(41-32)31-35(4)28(21(3)40-31)24-14-10-11-15-27(24)39-5/h7-18,33H,6,19H2,1-5H3. The molecule has 9 heteroatoms. The van der Waals surface area contributed by atoms with E-state index in [-0.39, 0.29) is 11.7 Å². The van der Waals surface area contributed by atoms with Crippen LogP contribution in [0.3, 0.4) is 0 Å². The summed E-state index contributed by atoms with van der Waals surface area (Å²) in [5, 5.41) is 4.75. The Kier molecular flexibility index (Phi) is 8.56. The van der Waals surface area contributed by atoms with Gasteiger partial charge < -0.3 is 15.0 Å². The molecule has 3 aromatic carbocycles. The lowest BCUT2D eigenvalue weighted by atomic mass is 10.1. The Balaban J connectivity index is 1.59. The fraction of sp³-hybridized carbons (Fsp3) is 0.219. The van der Waals surface area contributed by atoms with Gasteiger partial charge in [-0.1, -0.05) is 54.2 Å². The van der Waals surface area contributed by atoms with Crippen LogP contribution in [-0.4, -0.2) is 47.4 Å². The molecular formula is C32H32N4O3S2. The first-order valence-electron chi connectivity index (χ1n) is 13.3. The predicted molar refractivity (Wildman–Crippen MR) is 170 cm³/mol. The number of anilines is 1. The maximum atomic E-state index is 14.1. The summed E-state index contributed by atoms with van der Waals surface area (Å²) in [5.74, 6) is 0.636. The second-order valence-corrected chi connectivity index (χ2v) is 11.8. The van der Waals surface area contributed by atoms with Crippen molar-refractivity contribution in [3.63, 3.8) is 0 Å². The molecular weight excluding hydrogens is 553 g/mol. The molecule has 41 heavy (non-hydrogen) atoms. The van der Waals surface area contributed by atoms with E-state index in [0.717, 1.165) is 38.2 Å². The highest BCUT2D eigenvalue weighted by atomic mass is 32.2. The van der Waals surface area contributed by atoms with Gasteiger partial charge in [-0.15, -0.1) is 0 Å². The molecule has 2 aliphatic rings.